The Balaban J connectivity index is 1.73. The van der Waals surface area contributed by atoms with Crippen molar-refractivity contribution >= 4 is 29.1 Å². The Labute approximate surface area is 160 Å². The summed E-state index contributed by atoms with van der Waals surface area (Å²) in [6.45, 7) is 1.87. The second-order valence-corrected chi connectivity index (χ2v) is 6.45. The molecule has 3 rings (SSSR count). The summed E-state index contributed by atoms with van der Waals surface area (Å²) in [6, 6.07) is 5.21. The molecule has 10 heteroatoms. The van der Waals surface area contributed by atoms with Gasteiger partial charge in [0.2, 0.25) is 11.7 Å². The number of hydrogen-bond acceptors (Lipinski definition) is 8. The minimum Gasteiger partial charge on any atom is -0.493 e. The van der Waals surface area contributed by atoms with Gasteiger partial charge in [-0.3, -0.25) is 4.79 Å². The van der Waals surface area contributed by atoms with Crippen LogP contribution in [0.15, 0.2) is 29.6 Å². The van der Waals surface area contributed by atoms with Gasteiger partial charge in [0.15, 0.2) is 11.5 Å². The average Bonchev–Trinajstić information content (AvgIpc) is 3.13. The fourth-order valence-corrected chi connectivity index (χ4v) is 3.35. The number of nitrogens with one attached hydrogen (secondary N) is 1. The maximum atomic E-state index is 12.4. The average molecular weight is 389 g/mol. The molecule has 0 aliphatic carbocycles. The van der Waals surface area contributed by atoms with Gasteiger partial charge in [0.1, 0.15) is 11.4 Å². The van der Waals surface area contributed by atoms with E-state index in [1.54, 1.807) is 16.6 Å². The number of carbonyl (C=O) groups is 1. The predicted molar refractivity (Wildman–Crippen MR) is 101 cm³/mol. The van der Waals surface area contributed by atoms with Crippen molar-refractivity contribution in [2.24, 2.45) is 0 Å². The minimum absolute atomic E-state index is 0.183. The molecule has 0 fully saturated rings. The monoisotopic (exact) mass is 389 g/mol. The number of hydrogen-bond donors (Lipinski definition) is 1. The molecule has 1 aromatic carbocycles. The molecule has 0 bridgehead atoms. The van der Waals surface area contributed by atoms with Crippen molar-refractivity contribution in [2.45, 2.75) is 11.9 Å². The zero-order valence-corrected chi connectivity index (χ0v) is 16.2. The van der Waals surface area contributed by atoms with E-state index in [1.807, 2.05) is 13.0 Å². The highest BCUT2D eigenvalue weighted by Crippen LogP contribution is 2.39. The molecular weight excluding hydrogens is 370 g/mol. The van der Waals surface area contributed by atoms with E-state index < -0.39 is 0 Å². The number of nitrogens with zero attached hydrogens (tertiary/aromatic N) is 4. The fraction of sp³-hybridized carbons (Fsp3) is 0.294. The van der Waals surface area contributed by atoms with E-state index in [1.165, 1.54) is 39.4 Å². The van der Waals surface area contributed by atoms with Crippen LogP contribution in [0, 0.1) is 6.92 Å². The van der Waals surface area contributed by atoms with E-state index in [0.717, 1.165) is 10.7 Å². The number of fused-ring (bicyclic) bond motifs is 1. The Morgan fingerprint density at radius 1 is 1.15 bits per heavy atom. The van der Waals surface area contributed by atoms with Crippen LogP contribution in [0.1, 0.15) is 5.69 Å². The lowest BCUT2D eigenvalue weighted by molar-refractivity contribution is -0.113. The Hall–Kier alpha value is -3.01. The van der Waals surface area contributed by atoms with Crippen LogP contribution in [0.4, 0.5) is 5.69 Å². The molecule has 2 heterocycles. The van der Waals surface area contributed by atoms with Crippen LogP contribution < -0.4 is 19.5 Å². The first-order valence-electron chi connectivity index (χ1n) is 7.95. The summed E-state index contributed by atoms with van der Waals surface area (Å²) in [6.07, 6.45) is 1.43. The van der Waals surface area contributed by atoms with Crippen LogP contribution in [0.2, 0.25) is 0 Å². The van der Waals surface area contributed by atoms with Gasteiger partial charge in [0.05, 0.1) is 27.1 Å². The molecule has 0 saturated carbocycles. The second-order valence-electron chi connectivity index (χ2n) is 5.46. The lowest BCUT2D eigenvalue weighted by Crippen LogP contribution is -2.15. The number of thioether (sulfide) groups is 1. The molecule has 1 N–H and O–H groups in total. The molecule has 2 aromatic heterocycles. The third-order valence-corrected chi connectivity index (χ3v) is 4.64. The maximum absolute atomic E-state index is 12.4. The van der Waals surface area contributed by atoms with Crippen molar-refractivity contribution in [1.82, 2.24) is 19.6 Å². The highest BCUT2D eigenvalue weighted by Gasteiger charge is 2.15. The van der Waals surface area contributed by atoms with Crippen molar-refractivity contribution in [3.63, 3.8) is 0 Å². The smallest absolute Gasteiger partial charge is 0.253 e. The van der Waals surface area contributed by atoms with Crippen LogP contribution in [0.3, 0.4) is 0 Å². The van der Waals surface area contributed by atoms with Gasteiger partial charge in [-0.2, -0.15) is 14.6 Å². The van der Waals surface area contributed by atoms with Crippen LogP contribution in [0.5, 0.6) is 17.2 Å². The molecule has 0 aliphatic heterocycles. The molecule has 142 valence electrons. The number of benzene rings is 1. The van der Waals surface area contributed by atoms with E-state index in [9.17, 15) is 4.79 Å². The summed E-state index contributed by atoms with van der Waals surface area (Å²) >= 11 is 1.34. The molecule has 0 spiro atoms. The Morgan fingerprint density at radius 2 is 1.85 bits per heavy atom. The van der Waals surface area contributed by atoms with Gasteiger partial charge < -0.3 is 19.5 Å². The number of anilines is 1. The first-order valence-corrected chi connectivity index (χ1v) is 8.94. The molecule has 0 radical (unpaired) electrons. The normalized spacial score (nSPS) is 10.7. The summed E-state index contributed by atoms with van der Waals surface area (Å²) in [4.78, 5) is 20.8. The number of methoxy groups -OCH3 is 3. The molecule has 0 saturated heterocycles. The molecule has 0 unspecified atom stereocenters. The quantitative estimate of drug-likeness (QED) is 0.485. The highest BCUT2D eigenvalue weighted by molar-refractivity contribution is 7.99. The molecule has 3 aromatic rings. The van der Waals surface area contributed by atoms with Crippen LogP contribution in [-0.4, -0.2) is 52.6 Å². The summed E-state index contributed by atoms with van der Waals surface area (Å²) in [7, 11) is 4.57. The van der Waals surface area contributed by atoms with Gasteiger partial charge in [-0.25, -0.2) is 4.98 Å². The van der Waals surface area contributed by atoms with E-state index in [4.69, 9.17) is 14.2 Å². The maximum Gasteiger partial charge on any atom is 0.253 e. The van der Waals surface area contributed by atoms with Crippen LogP contribution in [-0.2, 0) is 4.79 Å². The highest BCUT2D eigenvalue weighted by atomic mass is 32.2. The first kappa shape index (κ1) is 18.8. The van der Waals surface area contributed by atoms with E-state index in [0.29, 0.717) is 28.7 Å². The Morgan fingerprint density at radius 3 is 2.48 bits per heavy atom. The zero-order valence-electron chi connectivity index (χ0n) is 15.3. The molecule has 9 nitrogen and oxygen atoms in total. The summed E-state index contributed by atoms with van der Waals surface area (Å²) in [5.74, 6) is 1.91. The number of rotatable bonds is 7. The van der Waals surface area contributed by atoms with Gasteiger partial charge in [0, 0.05) is 23.5 Å². The first-order chi connectivity index (χ1) is 13.0. The van der Waals surface area contributed by atoms with Crippen molar-refractivity contribution < 1.29 is 19.0 Å². The number of aryl methyl sites for hydroxylation is 1. The van der Waals surface area contributed by atoms with Gasteiger partial charge in [0.25, 0.3) is 5.78 Å². The predicted octanol–water partition coefficient (Wildman–Crippen LogP) is 2.19. The van der Waals surface area contributed by atoms with Crippen LogP contribution in [0.25, 0.3) is 5.78 Å². The van der Waals surface area contributed by atoms with Crippen molar-refractivity contribution in [3.8, 4) is 17.2 Å². The molecule has 0 aliphatic rings. The summed E-state index contributed by atoms with van der Waals surface area (Å²) in [5, 5.41) is 7.75. The SMILES string of the molecule is COc1cc(NC(=O)CSc2cc(C)nc3ncnn23)cc(OC)c1OC. The van der Waals surface area contributed by atoms with Crippen molar-refractivity contribution in [2.75, 3.05) is 32.4 Å². The zero-order chi connectivity index (χ0) is 19.4. The largest absolute Gasteiger partial charge is 0.493 e. The van der Waals surface area contributed by atoms with E-state index in [2.05, 4.69) is 20.4 Å². The number of ether oxygens (including phenoxy) is 3. The third kappa shape index (κ3) is 4.05. The molecule has 1 amide bonds. The molecular formula is C17H19N5O4S. The number of carbonyl (C=O) groups excluding carboxylic acids is 1. The lowest BCUT2D eigenvalue weighted by Gasteiger charge is -2.14. The van der Waals surface area contributed by atoms with Crippen molar-refractivity contribution in [1.29, 1.82) is 0 Å². The Kier molecular flexibility index (Phi) is 5.65. The van der Waals surface area contributed by atoms with Crippen molar-refractivity contribution in [3.05, 3.63) is 30.2 Å². The van der Waals surface area contributed by atoms with Gasteiger partial charge in [-0.15, -0.1) is 0 Å². The van der Waals surface area contributed by atoms with Gasteiger partial charge in [-0.1, -0.05) is 11.8 Å². The van der Waals surface area contributed by atoms with E-state index >= 15 is 0 Å². The van der Waals surface area contributed by atoms with Gasteiger partial charge in [-0.05, 0) is 13.0 Å². The number of aromatic nitrogens is 4. The lowest BCUT2D eigenvalue weighted by atomic mass is 10.2. The second kappa shape index (κ2) is 8.12. The topological polar surface area (TPSA) is 99.9 Å². The standard InChI is InChI=1S/C17H19N5O4S/c1-10-5-15(22-17(20-10)18-9-19-22)27-8-14(23)21-11-6-12(24-2)16(26-4)13(7-11)25-3/h5-7,9H,8H2,1-4H3,(H,21,23). The third-order valence-electron chi connectivity index (χ3n) is 3.65. The number of amides is 1. The minimum atomic E-state index is -0.183. The molecule has 0 atom stereocenters. The van der Waals surface area contributed by atoms with Gasteiger partial charge >= 0.3 is 0 Å². The van der Waals surface area contributed by atoms with Crippen LogP contribution >= 0.6 is 11.8 Å². The Bertz CT molecular complexity index is 950. The molecule has 27 heavy (non-hydrogen) atoms. The van der Waals surface area contributed by atoms with E-state index in [-0.39, 0.29) is 11.7 Å². The summed E-state index contributed by atoms with van der Waals surface area (Å²) in [5.41, 5.74) is 1.36. The fourth-order valence-electron chi connectivity index (χ4n) is 2.49. The summed E-state index contributed by atoms with van der Waals surface area (Å²) < 4.78 is 17.5.